The summed E-state index contributed by atoms with van der Waals surface area (Å²) in [6, 6.07) is -0.910. The number of hydrogen-bond acceptors (Lipinski definition) is 13. The monoisotopic (exact) mass is 1170 g/mol. The second kappa shape index (κ2) is 53.9. The van der Waals surface area contributed by atoms with Crippen LogP contribution in [0.4, 0.5) is 0 Å². The van der Waals surface area contributed by atoms with Crippen LogP contribution in [0.1, 0.15) is 322 Å². The molecule has 82 heavy (non-hydrogen) atoms. The van der Waals surface area contributed by atoms with Crippen molar-refractivity contribution >= 4 is 5.91 Å². The Morgan fingerprint density at radius 2 is 0.756 bits per heavy atom. The molecule has 0 spiro atoms. The average molecular weight is 1170 g/mol. The number of aliphatic hydroxyl groups is 8. The van der Waals surface area contributed by atoms with Crippen LogP contribution in [-0.2, 0) is 23.7 Å². The molecule has 14 heteroatoms. The third kappa shape index (κ3) is 38.1. The van der Waals surface area contributed by atoms with Crippen molar-refractivity contribution in [1.82, 2.24) is 5.32 Å². The number of amides is 1. The van der Waals surface area contributed by atoms with Crippen LogP contribution in [0.25, 0.3) is 0 Å². The van der Waals surface area contributed by atoms with Gasteiger partial charge in [-0.1, -0.05) is 309 Å². The smallest absolute Gasteiger partial charge is 0.220 e. The molecule has 1 amide bonds. The van der Waals surface area contributed by atoms with E-state index in [0.29, 0.717) is 6.42 Å². The zero-order valence-electron chi connectivity index (χ0n) is 52.8. The number of carbonyl (C=O) groups excluding carboxylic acids is 1. The molecule has 2 aliphatic rings. The van der Waals surface area contributed by atoms with Crippen LogP contribution < -0.4 is 5.32 Å². The molecule has 0 aromatic carbocycles. The maximum atomic E-state index is 13.3. The van der Waals surface area contributed by atoms with Gasteiger partial charge in [0.05, 0.1) is 32.0 Å². The van der Waals surface area contributed by atoms with Gasteiger partial charge >= 0.3 is 0 Å². The van der Waals surface area contributed by atoms with E-state index >= 15 is 0 Å². The average Bonchev–Trinajstić information content (AvgIpc) is 3.67. The first-order chi connectivity index (χ1) is 40.1. The Bertz CT molecular complexity index is 1420. The van der Waals surface area contributed by atoms with Crippen LogP contribution in [0.15, 0.2) is 12.2 Å². The van der Waals surface area contributed by atoms with E-state index in [-0.39, 0.29) is 18.9 Å². The minimum absolute atomic E-state index is 0.232. The lowest BCUT2D eigenvalue weighted by atomic mass is 9.97. The molecule has 0 aromatic rings. The zero-order chi connectivity index (χ0) is 59.5. The Kier molecular flexibility index (Phi) is 50.5. The summed E-state index contributed by atoms with van der Waals surface area (Å²) in [6.45, 7) is 2.84. The lowest BCUT2D eigenvalue weighted by Gasteiger charge is -2.46. The summed E-state index contributed by atoms with van der Waals surface area (Å²) in [5.41, 5.74) is 0. The molecular formula is C68H131NO13. The number of allylic oxidation sites excluding steroid dienone is 1. The number of unbranched alkanes of at least 4 members (excludes halogenated alkanes) is 45. The quantitative estimate of drug-likeness (QED) is 0.0204. The van der Waals surface area contributed by atoms with E-state index in [2.05, 4.69) is 19.2 Å². The SMILES string of the molecule is CCCCCCCCCCCCCCC/C=C/C(O)C(COC1OC(CO)C(OC2OC(CO)C(O)C(O)C2O)C(O)C1O)NC(=O)CCCCCCCCCCCCCCCCCCCCCCCCCCCCCCCCCCC. The van der Waals surface area contributed by atoms with Crippen molar-refractivity contribution in [3.63, 3.8) is 0 Å². The van der Waals surface area contributed by atoms with Crippen LogP contribution in [0.5, 0.6) is 0 Å². The molecule has 9 N–H and O–H groups in total. The van der Waals surface area contributed by atoms with Crippen molar-refractivity contribution in [2.45, 2.75) is 396 Å². The van der Waals surface area contributed by atoms with Gasteiger partial charge in [-0.2, -0.15) is 0 Å². The van der Waals surface area contributed by atoms with Crippen LogP contribution in [0.2, 0.25) is 0 Å². The van der Waals surface area contributed by atoms with Crippen molar-refractivity contribution in [2.75, 3.05) is 19.8 Å². The Labute approximate surface area is 501 Å². The molecule has 0 saturated carbocycles. The maximum absolute atomic E-state index is 13.3. The molecule has 14 nitrogen and oxygen atoms in total. The van der Waals surface area contributed by atoms with Crippen LogP contribution in [0.3, 0.4) is 0 Å². The molecule has 2 heterocycles. The van der Waals surface area contributed by atoms with E-state index in [0.717, 1.165) is 38.5 Å². The van der Waals surface area contributed by atoms with Crippen LogP contribution in [0, 0.1) is 0 Å². The third-order valence-corrected chi connectivity index (χ3v) is 17.5. The fraction of sp³-hybridized carbons (Fsp3) is 0.956. The van der Waals surface area contributed by atoms with E-state index in [4.69, 9.17) is 18.9 Å². The fourth-order valence-electron chi connectivity index (χ4n) is 11.9. The summed E-state index contributed by atoms with van der Waals surface area (Å²) >= 11 is 0. The van der Waals surface area contributed by atoms with Crippen LogP contribution in [-0.4, -0.2) is 140 Å². The van der Waals surface area contributed by atoms with Gasteiger partial charge < -0.3 is 65.1 Å². The summed E-state index contributed by atoms with van der Waals surface area (Å²) in [5.74, 6) is -0.232. The van der Waals surface area contributed by atoms with Crippen molar-refractivity contribution in [3.05, 3.63) is 12.2 Å². The Morgan fingerprint density at radius 3 is 1.12 bits per heavy atom. The highest BCUT2D eigenvalue weighted by Crippen LogP contribution is 2.30. The molecule has 0 radical (unpaired) electrons. The predicted molar refractivity (Wildman–Crippen MR) is 332 cm³/mol. The summed E-state index contributed by atoms with van der Waals surface area (Å²) in [4.78, 5) is 13.3. The topological polar surface area (TPSA) is 228 Å². The van der Waals surface area contributed by atoms with Crippen molar-refractivity contribution in [1.29, 1.82) is 0 Å². The van der Waals surface area contributed by atoms with E-state index in [9.17, 15) is 45.6 Å². The number of ether oxygens (including phenoxy) is 4. The van der Waals surface area contributed by atoms with Gasteiger partial charge in [0, 0.05) is 6.42 Å². The molecule has 12 unspecified atom stereocenters. The number of carbonyl (C=O) groups is 1. The standard InChI is InChI=1S/C68H131NO13/c1-3-5-7-9-11-13-15-17-19-20-21-22-23-24-25-26-27-28-29-30-31-32-33-34-35-36-38-40-42-44-46-48-50-52-60(73)69-56(57(72)51-49-47-45-43-41-39-37-18-16-14-12-10-8-6-4-2)55-79-67-65(78)63(76)66(59(54-71)81-67)82-68-64(77)62(75)61(74)58(53-70)80-68/h49,51,56-59,61-68,70-72,74-78H,3-48,50,52-55H2,1-2H3,(H,69,73)/b51-49+. The van der Waals surface area contributed by atoms with Gasteiger partial charge in [-0.15, -0.1) is 0 Å². The van der Waals surface area contributed by atoms with Crippen molar-refractivity contribution in [3.8, 4) is 0 Å². The van der Waals surface area contributed by atoms with Gasteiger partial charge in [0.2, 0.25) is 5.91 Å². The minimum Gasteiger partial charge on any atom is -0.394 e. The molecule has 2 fully saturated rings. The largest absolute Gasteiger partial charge is 0.394 e. The molecule has 486 valence electrons. The van der Waals surface area contributed by atoms with E-state index in [1.807, 2.05) is 6.08 Å². The molecule has 0 aromatic heterocycles. The number of aliphatic hydroxyl groups excluding tert-OH is 8. The van der Waals surface area contributed by atoms with Gasteiger partial charge in [0.25, 0.3) is 0 Å². The fourth-order valence-corrected chi connectivity index (χ4v) is 11.9. The Balaban J connectivity index is 1.61. The minimum atomic E-state index is -1.79. The number of hydrogen-bond donors (Lipinski definition) is 9. The highest BCUT2D eigenvalue weighted by molar-refractivity contribution is 5.76. The second-order valence-electron chi connectivity index (χ2n) is 25.0. The number of rotatable bonds is 58. The maximum Gasteiger partial charge on any atom is 0.220 e. The van der Waals surface area contributed by atoms with Crippen LogP contribution >= 0.6 is 0 Å². The molecule has 2 rings (SSSR count). The number of nitrogens with one attached hydrogen (secondary N) is 1. The summed E-state index contributed by atoms with van der Waals surface area (Å²) in [6.07, 6.45) is 48.6. The van der Waals surface area contributed by atoms with Gasteiger partial charge in [-0.25, -0.2) is 0 Å². The molecule has 0 aliphatic carbocycles. The normalized spacial score (nSPS) is 23.9. The molecule has 2 aliphatic heterocycles. The Morgan fingerprint density at radius 1 is 0.427 bits per heavy atom. The van der Waals surface area contributed by atoms with Crippen molar-refractivity contribution in [2.24, 2.45) is 0 Å². The lowest BCUT2D eigenvalue weighted by molar-refractivity contribution is -0.359. The Hall–Kier alpha value is -1.27. The van der Waals surface area contributed by atoms with Gasteiger partial charge in [0.15, 0.2) is 12.6 Å². The van der Waals surface area contributed by atoms with E-state index < -0.39 is 86.8 Å². The summed E-state index contributed by atoms with van der Waals surface area (Å²) in [7, 11) is 0. The molecule has 2 saturated heterocycles. The zero-order valence-corrected chi connectivity index (χ0v) is 52.8. The predicted octanol–water partition coefficient (Wildman–Crippen LogP) is 13.8. The third-order valence-electron chi connectivity index (χ3n) is 17.5. The van der Waals surface area contributed by atoms with Gasteiger partial charge in [-0.05, 0) is 19.3 Å². The first kappa shape index (κ1) is 76.8. The highest BCUT2D eigenvalue weighted by atomic mass is 16.7. The molecule has 12 atom stereocenters. The van der Waals surface area contributed by atoms with Gasteiger partial charge in [-0.3, -0.25) is 4.79 Å². The highest BCUT2D eigenvalue weighted by Gasteiger charge is 2.51. The first-order valence-electron chi connectivity index (χ1n) is 34.9. The van der Waals surface area contributed by atoms with E-state index in [1.54, 1.807) is 6.08 Å². The molecule has 0 bridgehead atoms. The second-order valence-corrected chi connectivity index (χ2v) is 25.0. The summed E-state index contributed by atoms with van der Waals surface area (Å²) < 4.78 is 22.8. The summed E-state index contributed by atoms with van der Waals surface area (Å²) in [5, 5.41) is 87.3. The van der Waals surface area contributed by atoms with Gasteiger partial charge in [0.1, 0.15) is 48.8 Å². The van der Waals surface area contributed by atoms with E-state index in [1.165, 1.54) is 257 Å². The van der Waals surface area contributed by atoms with Crippen molar-refractivity contribution < 1.29 is 64.6 Å². The molecular weight excluding hydrogens is 1040 g/mol. The lowest BCUT2D eigenvalue weighted by Crippen LogP contribution is -2.65. The first-order valence-corrected chi connectivity index (χ1v) is 34.9.